The maximum atomic E-state index is 12.8. The van der Waals surface area contributed by atoms with Crippen molar-refractivity contribution in [2.45, 2.75) is 18.9 Å². The fourth-order valence-corrected chi connectivity index (χ4v) is 2.99. The van der Waals surface area contributed by atoms with Gasteiger partial charge in [-0.3, -0.25) is 14.6 Å². The molecule has 0 saturated carbocycles. The van der Waals surface area contributed by atoms with Crippen LogP contribution in [-0.2, 0) is 9.59 Å². The van der Waals surface area contributed by atoms with Gasteiger partial charge in [0, 0.05) is 37.7 Å². The molecule has 25 heavy (non-hydrogen) atoms. The van der Waals surface area contributed by atoms with Crippen LogP contribution in [0.15, 0.2) is 60.9 Å². The van der Waals surface area contributed by atoms with Crippen molar-refractivity contribution >= 4 is 23.6 Å². The highest BCUT2D eigenvalue weighted by atomic mass is 16.2. The van der Waals surface area contributed by atoms with Crippen molar-refractivity contribution in [2.24, 2.45) is 0 Å². The first-order valence-electron chi connectivity index (χ1n) is 8.38. The number of piperidine rings is 1. The van der Waals surface area contributed by atoms with Crippen LogP contribution in [0, 0.1) is 0 Å². The molecule has 1 aliphatic rings. The summed E-state index contributed by atoms with van der Waals surface area (Å²) in [5.41, 5.74) is 1.78. The fourth-order valence-electron chi connectivity index (χ4n) is 2.99. The number of likely N-dealkylation sites (N-methyl/N-ethyl adjacent to an activating group) is 1. The normalized spacial score (nSPS) is 17.7. The van der Waals surface area contributed by atoms with E-state index in [0.29, 0.717) is 13.0 Å². The van der Waals surface area contributed by atoms with Gasteiger partial charge in [-0.1, -0.05) is 18.2 Å². The van der Waals surface area contributed by atoms with Crippen LogP contribution in [0.2, 0.25) is 0 Å². The summed E-state index contributed by atoms with van der Waals surface area (Å²) >= 11 is 0. The molecule has 1 fully saturated rings. The molecule has 1 aromatic heterocycles. The number of carbonyl (C=O) groups excluding carboxylic acids is 2. The Balaban J connectivity index is 1.70. The zero-order valence-corrected chi connectivity index (χ0v) is 14.2. The Labute approximate surface area is 147 Å². The number of carbonyl (C=O) groups is 2. The molecule has 1 atom stereocenters. The van der Waals surface area contributed by atoms with E-state index < -0.39 is 6.04 Å². The molecule has 2 amide bonds. The van der Waals surface area contributed by atoms with Crippen LogP contribution < -0.4 is 4.90 Å². The molecule has 1 saturated heterocycles. The summed E-state index contributed by atoms with van der Waals surface area (Å²) in [6.45, 7) is 0.689. The quantitative estimate of drug-likeness (QED) is 0.807. The highest BCUT2D eigenvalue weighted by Crippen LogP contribution is 2.23. The van der Waals surface area contributed by atoms with Crippen LogP contribution >= 0.6 is 0 Å². The molecule has 128 valence electrons. The first-order chi connectivity index (χ1) is 12.2. The Kier molecular flexibility index (Phi) is 5.23. The SMILES string of the molecule is CN(C(=O)/C=C\c1ccncc1)[C@H]1CCCN(c2ccccc2)C1=O. The highest BCUT2D eigenvalue weighted by molar-refractivity contribution is 6.01. The average molecular weight is 335 g/mol. The van der Waals surface area contributed by atoms with Crippen molar-refractivity contribution in [3.63, 3.8) is 0 Å². The van der Waals surface area contributed by atoms with Crippen molar-refractivity contribution in [3.05, 3.63) is 66.5 Å². The summed E-state index contributed by atoms with van der Waals surface area (Å²) < 4.78 is 0. The van der Waals surface area contributed by atoms with Gasteiger partial charge in [0.15, 0.2) is 0 Å². The second-order valence-corrected chi connectivity index (χ2v) is 6.05. The summed E-state index contributed by atoms with van der Waals surface area (Å²) in [7, 11) is 1.69. The zero-order valence-electron chi connectivity index (χ0n) is 14.2. The van der Waals surface area contributed by atoms with Crippen molar-refractivity contribution in [1.29, 1.82) is 0 Å². The summed E-state index contributed by atoms with van der Waals surface area (Å²) in [5.74, 6) is -0.198. The molecule has 1 aliphatic heterocycles. The minimum Gasteiger partial charge on any atom is -0.330 e. The molecule has 3 rings (SSSR count). The number of rotatable bonds is 4. The standard InChI is InChI=1S/C20H21N3O2/c1-22(19(24)10-9-16-11-13-21-14-12-16)18-8-5-15-23(20(18)25)17-6-3-2-4-7-17/h2-4,6-7,9-14,18H,5,8,15H2,1H3/b10-9-/t18-/m0/s1. The average Bonchev–Trinajstić information content (AvgIpc) is 2.67. The lowest BCUT2D eigenvalue weighted by Crippen LogP contribution is -2.52. The van der Waals surface area contributed by atoms with E-state index in [0.717, 1.165) is 17.7 Å². The fraction of sp³-hybridized carbons (Fsp3) is 0.250. The number of nitrogens with zero attached hydrogens (tertiary/aromatic N) is 3. The van der Waals surface area contributed by atoms with Crippen LogP contribution in [0.3, 0.4) is 0 Å². The van der Waals surface area contributed by atoms with Crippen molar-refractivity contribution < 1.29 is 9.59 Å². The number of hydrogen-bond acceptors (Lipinski definition) is 3. The number of amides is 2. The number of hydrogen-bond donors (Lipinski definition) is 0. The van der Waals surface area contributed by atoms with E-state index in [4.69, 9.17) is 0 Å². The van der Waals surface area contributed by atoms with Gasteiger partial charge in [-0.25, -0.2) is 0 Å². The Morgan fingerprint density at radius 1 is 1.20 bits per heavy atom. The number of aromatic nitrogens is 1. The second kappa shape index (κ2) is 7.75. The molecule has 0 bridgehead atoms. The van der Waals surface area contributed by atoms with Gasteiger partial charge in [0.1, 0.15) is 6.04 Å². The third-order valence-corrected chi connectivity index (χ3v) is 4.42. The summed E-state index contributed by atoms with van der Waals surface area (Å²) in [4.78, 5) is 32.6. The lowest BCUT2D eigenvalue weighted by atomic mass is 10.0. The molecule has 0 radical (unpaired) electrons. The molecule has 0 unspecified atom stereocenters. The Morgan fingerprint density at radius 2 is 1.92 bits per heavy atom. The molecule has 0 spiro atoms. The molecule has 0 N–H and O–H groups in total. The maximum absolute atomic E-state index is 12.8. The summed E-state index contributed by atoms with van der Waals surface area (Å²) in [6.07, 6.45) is 8.16. The van der Waals surface area contributed by atoms with E-state index in [1.165, 1.54) is 11.0 Å². The van der Waals surface area contributed by atoms with Crippen LogP contribution in [0.4, 0.5) is 5.69 Å². The van der Waals surface area contributed by atoms with Gasteiger partial charge in [0.2, 0.25) is 11.8 Å². The van der Waals surface area contributed by atoms with Crippen molar-refractivity contribution in [1.82, 2.24) is 9.88 Å². The van der Waals surface area contributed by atoms with E-state index in [1.54, 1.807) is 30.4 Å². The lowest BCUT2D eigenvalue weighted by Gasteiger charge is -2.36. The predicted octanol–water partition coefficient (Wildman–Crippen LogP) is 2.75. The molecule has 5 heteroatoms. The van der Waals surface area contributed by atoms with Gasteiger partial charge in [0.25, 0.3) is 0 Å². The van der Waals surface area contributed by atoms with E-state index in [-0.39, 0.29) is 11.8 Å². The highest BCUT2D eigenvalue weighted by Gasteiger charge is 2.33. The van der Waals surface area contributed by atoms with Gasteiger partial charge in [-0.15, -0.1) is 0 Å². The number of pyridine rings is 1. The smallest absolute Gasteiger partial charge is 0.249 e. The number of anilines is 1. The molecule has 2 heterocycles. The molecule has 1 aromatic carbocycles. The van der Waals surface area contributed by atoms with Gasteiger partial charge in [0.05, 0.1) is 0 Å². The Bertz CT molecular complexity index is 759. The second-order valence-electron chi connectivity index (χ2n) is 6.05. The molecular weight excluding hydrogens is 314 g/mol. The largest absolute Gasteiger partial charge is 0.330 e. The molecular formula is C20H21N3O2. The lowest BCUT2D eigenvalue weighted by molar-refractivity contribution is -0.135. The number of benzene rings is 1. The molecule has 0 aliphatic carbocycles. The Hall–Kier alpha value is -2.95. The summed E-state index contributed by atoms with van der Waals surface area (Å²) in [5, 5.41) is 0. The minimum atomic E-state index is -0.427. The van der Waals surface area contributed by atoms with Crippen molar-refractivity contribution in [3.8, 4) is 0 Å². The van der Waals surface area contributed by atoms with Crippen LogP contribution in [0.1, 0.15) is 18.4 Å². The predicted molar refractivity (Wildman–Crippen MR) is 97.9 cm³/mol. The van der Waals surface area contributed by atoms with Gasteiger partial charge >= 0.3 is 0 Å². The van der Waals surface area contributed by atoms with Gasteiger partial charge in [-0.05, 0) is 48.7 Å². The van der Waals surface area contributed by atoms with E-state index >= 15 is 0 Å². The third kappa shape index (κ3) is 3.94. The first kappa shape index (κ1) is 16.9. The third-order valence-electron chi connectivity index (χ3n) is 4.42. The van der Waals surface area contributed by atoms with E-state index in [9.17, 15) is 9.59 Å². The van der Waals surface area contributed by atoms with E-state index in [1.807, 2.05) is 42.5 Å². The Morgan fingerprint density at radius 3 is 2.64 bits per heavy atom. The van der Waals surface area contributed by atoms with Crippen LogP contribution in [-0.4, -0.2) is 41.3 Å². The zero-order chi connectivity index (χ0) is 17.6. The summed E-state index contributed by atoms with van der Waals surface area (Å²) in [6, 6.07) is 12.8. The van der Waals surface area contributed by atoms with Crippen molar-refractivity contribution in [2.75, 3.05) is 18.5 Å². The maximum Gasteiger partial charge on any atom is 0.249 e. The number of para-hydroxylation sites is 1. The van der Waals surface area contributed by atoms with E-state index in [2.05, 4.69) is 4.98 Å². The first-order valence-corrected chi connectivity index (χ1v) is 8.38. The minimum absolute atomic E-state index is 0.0226. The van der Waals surface area contributed by atoms with Crippen LogP contribution in [0.5, 0.6) is 0 Å². The van der Waals surface area contributed by atoms with Gasteiger partial charge < -0.3 is 9.80 Å². The van der Waals surface area contributed by atoms with Gasteiger partial charge in [-0.2, -0.15) is 0 Å². The molecule has 5 nitrogen and oxygen atoms in total. The van der Waals surface area contributed by atoms with Crippen LogP contribution in [0.25, 0.3) is 6.08 Å². The monoisotopic (exact) mass is 335 g/mol. The topological polar surface area (TPSA) is 53.5 Å². The molecule has 2 aromatic rings.